The predicted octanol–water partition coefficient (Wildman–Crippen LogP) is 1.46. The minimum absolute atomic E-state index is 0.0238. The van der Waals surface area contributed by atoms with Gasteiger partial charge in [0.2, 0.25) is 5.91 Å². The smallest absolute Gasteiger partial charge is 0.291 e. The quantitative estimate of drug-likeness (QED) is 0.705. The highest BCUT2D eigenvalue weighted by atomic mass is 16.2. The zero-order valence-corrected chi connectivity index (χ0v) is 15.6. The Balaban J connectivity index is 1.43. The van der Waals surface area contributed by atoms with Crippen molar-refractivity contribution >= 4 is 17.1 Å². The Morgan fingerprint density at radius 1 is 1.07 bits per heavy atom. The first kappa shape index (κ1) is 17.3. The number of fused-ring (bicyclic) bond motifs is 1. The largest absolute Gasteiger partial charge is 0.368 e. The van der Waals surface area contributed by atoms with E-state index in [1.54, 1.807) is 29.1 Å². The Morgan fingerprint density at radius 3 is 2.63 bits per heavy atom. The van der Waals surface area contributed by atoms with Crippen LogP contribution in [-0.2, 0) is 11.3 Å². The number of amides is 1. The van der Waals surface area contributed by atoms with Gasteiger partial charge in [0.05, 0.1) is 0 Å². The number of hydrogen-bond acceptors (Lipinski definition) is 4. The summed E-state index contributed by atoms with van der Waals surface area (Å²) < 4.78 is 2.90. The van der Waals surface area contributed by atoms with E-state index in [1.807, 2.05) is 4.90 Å². The van der Waals surface area contributed by atoms with Gasteiger partial charge in [0.1, 0.15) is 18.4 Å². The topological polar surface area (TPSA) is 62.9 Å². The maximum absolute atomic E-state index is 12.7. The molecule has 1 aromatic carbocycles. The average molecular weight is 365 g/mol. The van der Waals surface area contributed by atoms with Gasteiger partial charge in [-0.15, -0.1) is 0 Å². The summed E-state index contributed by atoms with van der Waals surface area (Å²) in [5, 5.41) is 4.11. The van der Waals surface area contributed by atoms with Crippen LogP contribution in [-0.4, -0.2) is 51.2 Å². The molecule has 4 rings (SSSR count). The molecule has 0 N–H and O–H groups in total. The van der Waals surface area contributed by atoms with Crippen molar-refractivity contribution in [1.29, 1.82) is 0 Å². The molecule has 2 aromatic heterocycles. The Bertz CT molecular complexity index is 1040. The van der Waals surface area contributed by atoms with Crippen LogP contribution in [0.4, 0.5) is 5.69 Å². The van der Waals surface area contributed by atoms with Crippen molar-refractivity contribution in [3.05, 3.63) is 64.3 Å². The number of nitrogens with zero attached hydrogens (tertiary/aromatic N) is 5. The van der Waals surface area contributed by atoms with Crippen molar-refractivity contribution in [3.8, 4) is 0 Å². The lowest BCUT2D eigenvalue weighted by molar-refractivity contribution is -0.132. The number of aryl methyl sites for hydroxylation is 1. The Hall–Kier alpha value is -3.09. The standard InChI is InChI=1S/C20H23N5O2/c1-15-5-3-6-17(16(15)2)22-9-11-23(12-10-22)19(26)13-25-20(27)18-7-4-8-24(18)14-21-25/h3-8,14H,9-13H2,1-2H3. The molecule has 1 aliphatic heterocycles. The van der Waals surface area contributed by atoms with Gasteiger partial charge in [-0.1, -0.05) is 12.1 Å². The minimum Gasteiger partial charge on any atom is -0.368 e. The minimum atomic E-state index is -0.245. The maximum atomic E-state index is 12.7. The SMILES string of the molecule is Cc1cccc(N2CCN(C(=O)Cn3ncn4cccc4c3=O)CC2)c1C. The molecule has 0 aliphatic carbocycles. The van der Waals surface area contributed by atoms with Crippen molar-refractivity contribution in [2.75, 3.05) is 31.1 Å². The van der Waals surface area contributed by atoms with Gasteiger partial charge < -0.3 is 14.2 Å². The molecule has 1 aliphatic rings. The first-order chi connectivity index (χ1) is 13.0. The molecule has 0 spiro atoms. The second-order valence-electron chi connectivity index (χ2n) is 6.98. The molecular formula is C20H23N5O2. The Kier molecular flexibility index (Phi) is 4.43. The molecule has 0 atom stereocenters. The van der Waals surface area contributed by atoms with E-state index in [1.165, 1.54) is 21.5 Å². The van der Waals surface area contributed by atoms with Gasteiger partial charge in [-0.2, -0.15) is 5.10 Å². The third-order valence-corrected chi connectivity index (χ3v) is 5.38. The number of carbonyl (C=O) groups excluding carboxylic acids is 1. The average Bonchev–Trinajstić information content (AvgIpc) is 3.16. The monoisotopic (exact) mass is 365 g/mol. The summed E-state index contributed by atoms with van der Waals surface area (Å²) in [6.45, 7) is 7.10. The van der Waals surface area contributed by atoms with Crippen LogP contribution in [0.25, 0.3) is 5.52 Å². The molecule has 140 valence electrons. The van der Waals surface area contributed by atoms with E-state index >= 15 is 0 Å². The van der Waals surface area contributed by atoms with Crippen molar-refractivity contribution in [2.24, 2.45) is 0 Å². The number of hydrogen-bond donors (Lipinski definition) is 0. The van der Waals surface area contributed by atoms with E-state index in [-0.39, 0.29) is 18.0 Å². The highest BCUT2D eigenvalue weighted by Gasteiger charge is 2.23. The molecule has 27 heavy (non-hydrogen) atoms. The second-order valence-corrected chi connectivity index (χ2v) is 6.98. The summed E-state index contributed by atoms with van der Waals surface area (Å²) in [6, 6.07) is 9.84. The van der Waals surface area contributed by atoms with Gasteiger partial charge in [0.25, 0.3) is 5.56 Å². The van der Waals surface area contributed by atoms with Crippen molar-refractivity contribution in [2.45, 2.75) is 20.4 Å². The first-order valence-corrected chi connectivity index (χ1v) is 9.16. The summed E-state index contributed by atoms with van der Waals surface area (Å²) in [4.78, 5) is 29.2. The summed E-state index contributed by atoms with van der Waals surface area (Å²) in [5.74, 6) is -0.0684. The molecule has 0 bridgehead atoms. The van der Waals surface area contributed by atoms with Crippen LogP contribution in [0.2, 0.25) is 0 Å². The third-order valence-electron chi connectivity index (χ3n) is 5.38. The van der Waals surface area contributed by atoms with Crippen LogP contribution >= 0.6 is 0 Å². The van der Waals surface area contributed by atoms with Gasteiger partial charge in [-0.05, 0) is 43.2 Å². The van der Waals surface area contributed by atoms with Gasteiger partial charge in [0.15, 0.2) is 0 Å². The fourth-order valence-corrected chi connectivity index (χ4v) is 3.59. The zero-order valence-electron chi connectivity index (χ0n) is 15.6. The maximum Gasteiger partial charge on any atom is 0.291 e. The molecule has 1 saturated heterocycles. The molecule has 0 radical (unpaired) electrons. The Morgan fingerprint density at radius 2 is 1.85 bits per heavy atom. The molecule has 0 unspecified atom stereocenters. The molecular weight excluding hydrogens is 342 g/mol. The highest BCUT2D eigenvalue weighted by Crippen LogP contribution is 2.23. The molecule has 0 saturated carbocycles. The van der Waals surface area contributed by atoms with Crippen LogP contribution in [0.3, 0.4) is 0 Å². The highest BCUT2D eigenvalue weighted by molar-refractivity contribution is 5.76. The number of benzene rings is 1. The van der Waals surface area contributed by atoms with E-state index in [0.717, 1.165) is 13.1 Å². The number of anilines is 1. The van der Waals surface area contributed by atoms with Gasteiger partial charge in [0, 0.05) is 38.1 Å². The van der Waals surface area contributed by atoms with Gasteiger partial charge in [-0.3, -0.25) is 9.59 Å². The molecule has 1 fully saturated rings. The van der Waals surface area contributed by atoms with Crippen molar-refractivity contribution in [1.82, 2.24) is 19.1 Å². The summed E-state index contributed by atoms with van der Waals surface area (Å²) in [7, 11) is 0. The second kappa shape index (κ2) is 6.90. The molecule has 7 heteroatoms. The predicted molar refractivity (Wildman–Crippen MR) is 104 cm³/mol. The van der Waals surface area contributed by atoms with E-state index in [2.05, 4.69) is 42.0 Å². The summed E-state index contributed by atoms with van der Waals surface area (Å²) in [6.07, 6.45) is 3.32. The lowest BCUT2D eigenvalue weighted by atomic mass is 10.1. The third kappa shape index (κ3) is 3.20. The number of carbonyl (C=O) groups is 1. The lowest BCUT2D eigenvalue weighted by Gasteiger charge is -2.37. The van der Waals surface area contributed by atoms with Crippen LogP contribution < -0.4 is 10.5 Å². The van der Waals surface area contributed by atoms with Gasteiger partial charge >= 0.3 is 0 Å². The number of piperazine rings is 1. The molecule has 7 nitrogen and oxygen atoms in total. The fourth-order valence-electron chi connectivity index (χ4n) is 3.59. The van der Waals surface area contributed by atoms with Gasteiger partial charge in [-0.25, -0.2) is 4.68 Å². The fraction of sp³-hybridized carbons (Fsp3) is 0.350. The first-order valence-electron chi connectivity index (χ1n) is 9.16. The molecule has 3 heterocycles. The van der Waals surface area contributed by atoms with Crippen LogP contribution in [0, 0.1) is 13.8 Å². The summed E-state index contributed by atoms with van der Waals surface area (Å²) >= 11 is 0. The molecule has 3 aromatic rings. The Labute approximate surface area is 157 Å². The van der Waals surface area contributed by atoms with Crippen molar-refractivity contribution in [3.63, 3.8) is 0 Å². The van der Waals surface area contributed by atoms with Crippen LogP contribution in [0.1, 0.15) is 11.1 Å². The molecule has 1 amide bonds. The normalized spacial score (nSPS) is 14.7. The van der Waals surface area contributed by atoms with Crippen LogP contribution in [0.5, 0.6) is 0 Å². The lowest BCUT2D eigenvalue weighted by Crippen LogP contribution is -2.50. The van der Waals surface area contributed by atoms with E-state index < -0.39 is 0 Å². The number of rotatable bonds is 3. The number of aromatic nitrogens is 3. The zero-order chi connectivity index (χ0) is 19.0. The summed E-state index contributed by atoms with van der Waals surface area (Å²) in [5.41, 5.74) is 4.08. The van der Waals surface area contributed by atoms with E-state index in [9.17, 15) is 9.59 Å². The van der Waals surface area contributed by atoms with Crippen molar-refractivity contribution < 1.29 is 4.79 Å². The van der Waals surface area contributed by atoms with E-state index in [0.29, 0.717) is 18.6 Å². The van der Waals surface area contributed by atoms with Crippen LogP contribution in [0.15, 0.2) is 47.7 Å². The van der Waals surface area contributed by atoms with E-state index in [4.69, 9.17) is 0 Å².